The normalized spacial score (nSPS) is 11.6. The van der Waals surface area contributed by atoms with Gasteiger partial charge < -0.3 is 10.1 Å². The molecule has 0 aliphatic heterocycles. The second-order valence-electron chi connectivity index (χ2n) is 5.29. The largest absolute Gasteiger partial charge is 0.444 e. The molecule has 0 radical (unpaired) electrons. The van der Waals surface area contributed by atoms with Crippen LogP contribution in [0.15, 0.2) is 24.3 Å². The summed E-state index contributed by atoms with van der Waals surface area (Å²) in [5, 5.41) is 3.42. The van der Waals surface area contributed by atoms with Gasteiger partial charge in [0.1, 0.15) is 5.60 Å². The van der Waals surface area contributed by atoms with E-state index in [0.29, 0.717) is 6.54 Å². The van der Waals surface area contributed by atoms with Crippen LogP contribution in [-0.4, -0.2) is 18.2 Å². The van der Waals surface area contributed by atoms with E-state index in [1.807, 2.05) is 58.0 Å². The summed E-state index contributed by atoms with van der Waals surface area (Å²) >= 11 is 5.95. The molecule has 4 heteroatoms. The molecule has 1 rings (SSSR count). The van der Waals surface area contributed by atoms with Crippen molar-refractivity contribution in [3.8, 4) is 0 Å². The summed E-state index contributed by atoms with van der Waals surface area (Å²) < 4.78 is 5.12. The van der Waals surface area contributed by atoms with Crippen molar-refractivity contribution in [2.24, 2.45) is 0 Å². The van der Waals surface area contributed by atoms with Crippen LogP contribution in [0.5, 0.6) is 0 Å². The molecule has 0 heterocycles. The fraction of sp³-hybridized carbons (Fsp3) is 0.400. The third-order valence-electron chi connectivity index (χ3n) is 2.26. The Balaban J connectivity index is 2.42. The Morgan fingerprint density at radius 2 is 2.11 bits per heavy atom. The number of benzene rings is 1. The molecule has 1 N–H and O–H groups in total. The van der Waals surface area contributed by atoms with Crippen molar-refractivity contribution in [3.63, 3.8) is 0 Å². The standard InChI is InChI=1S/C15H20ClNO2/c1-11-10-12(7-8-13(11)16)6-5-9-17-14(18)19-15(2,3)4/h5-8,10H,9H2,1-4H3,(H,17,18). The van der Waals surface area contributed by atoms with Gasteiger partial charge in [-0.25, -0.2) is 4.79 Å². The first-order chi connectivity index (χ1) is 8.78. The quantitative estimate of drug-likeness (QED) is 0.902. The second kappa shape index (κ2) is 6.62. The monoisotopic (exact) mass is 281 g/mol. The smallest absolute Gasteiger partial charge is 0.407 e. The van der Waals surface area contributed by atoms with Gasteiger partial charge in [-0.1, -0.05) is 35.9 Å². The SMILES string of the molecule is Cc1cc(C=CCNC(=O)OC(C)(C)C)ccc1Cl. The number of alkyl carbamates (subject to hydrolysis) is 1. The lowest BCUT2D eigenvalue weighted by Gasteiger charge is -2.19. The average Bonchev–Trinajstić information content (AvgIpc) is 2.27. The van der Waals surface area contributed by atoms with E-state index in [4.69, 9.17) is 16.3 Å². The van der Waals surface area contributed by atoms with Crippen LogP contribution in [-0.2, 0) is 4.74 Å². The minimum absolute atomic E-state index is 0.413. The molecule has 104 valence electrons. The van der Waals surface area contributed by atoms with E-state index < -0.39 is 11.7 Å². The summed E-state index contributed by atoms with van der Waals surface area (Å²) in [7, 11) is 0. The summed E-state index contributed by atoms with van der Waals surface area (Å²) in [6, 6.07) is 5.78. The summed E-state index contributed by atoms with van der Waals surface area (Å²) in [6.07, 6.45) is 3.39. The molecular formula is C15H20ClNO2. The Labute approximate surface area is 119 Å². The molecule has 0 spiro atoms. The number of rotatable bonds is 3. The lowest BCUT2D eigenvalue weighted by molar-refractivity contribution is 0.0534. The number of ether oxygens (including phenoxy) is 1. The number of nitrogens with one attached hydrogen (secondary N) is 1. The predicted octanol–water partition coefficient (Wildman–Crippen LogP) is 4.19. The van der Waals surface area contributed by atoms with Crippen molar-refractivity contribution in [1.29, 1.82) is 0 Å². The van der Waals surface area contributed by atoms with Crippen LogP contribution >= 0.6 is 11.6 Å². The molecule has 0 saturated carbocycles. The van der Waals surface area contributed by atoms with Gasteiger partial charge in [0.05, 0.1) is 0 Å². The fourth-order valence-electron chi connectivity index (χ4n) is 1.42. The zero-order valence-corrected chi connectivity index (χ0v) is 12.5. The van der Waals surface area contributed by atoms with E-state index in [-0.39, 0.29) is 0 Å². The minimum atomic E-state index is -0.471. The van der Waals surface area contributed by atoms with Gasteiger partial charge in [0, 0.05) is 11.6 Å². The van der Waals surface area contributed by atoms with Gasteiger partial charge in [0.25, 0.3) is 0 Å². The Bertz CT molecular complexity index is 476. The predicted molar refractivity (Wildman–Crippen MR) is 79.5 cm³/mol. The number of carbonyl (C=O) groups is 1. The first kappa shape index (κ1) is 15.6. The van der Waals surface area contributed by atoms with Gasteiger partial charge in [-0.05, 0) is 44.9 Å². The first-order valence-electron chi connectivity index (χ1n) is 6.17. The zero-order valence-electron chi connectivity index (χ0n) is 11.8. The van der Waals surface area contributed by atoms with Crippen molar-refractivity contribution in [3.05, 3.63) is 40.4 Å². The molecule has 0 aliphatic rings. The highest BCUT2D eigenvalue weighted by atomic mass is 35.5. The topological polar surface area (TPSA) is 38.3 Å². The number of aryl methyl sites for hydroxylation is 1. The van der Waals surface area contributed by atoms with Crippen LogP contribution in [0.3, 0.4) is 0 Å². The summed E-state index contributed by atoms with van der Waals surface area (Å²) in [6.45, 7) is 7.88. The molecule has 1 amide bonds. The van der Waals surface area contributed by atoms with Crippen LogP contribution in [0, 0.1) is 6.92 Å². The highest BCUT2D eigenvalue weighted by Gasteiger charge is 2.14. The van der Waals surface area contributed by atoms with Crippen molar-refractivity contribution in [2.75, 3.05) is 6.54 Å². The van der Waals surface area contributed by atoms with Crippen molar-refractivity contribution in [1.82, 2.24) is 5.32 Å². The van der Waals surface area contributed by atoms with Gasteiger partial charge in [-0.15, -0.1) is 0 Å². The van der Waals surface area contributed by atoms with Crippen LogP contribution in [0.25, 0.3) is 6.08 Å². The molecule has 0 aliphatic carbocycles. The van der Waals surface area contributed by atoms with Crippen LogP contribution in [0.4, 0.5) is 4.79 Å². The maximum atomic E-state index is 11.4. The third-order valence-corrected chi connectivity index (χ3v) is 2.68. The average molecular weight is 282 g/mol. The molecule has 0 saturated heterocycles. The molecule has 3 nitrogen and oxygen atoms in total. The number of halogens is 1. The van der Waals surface area contributed by atoms with Crippen LogP contribution in [0.1, 0.15) is 31.9 Å². The lowest BCUT2D eigenvalue weighted by atomic mass is 10.1. The van der Waals surface area contributed by atoms with Gasteiger partial charge in [0.2, 0.25) is 0 Å². The Kier molecular flexibility index (Phi) is 5.43. The summed E-state index contributed by atoms with van der Waals surface area (Å²) in [5.74, 6) is 0. The van der Waals surface area contributed by atoms with Gasteiger partial charge in [-0.2, -0.15) is 0 Å². The molecular weight excluding hydrogens is 262 g/mol. The van der Waals surface area contributed by atoms with Crippen molar-refractivity contribution >= 4 is 23.8 Å². The zero-order chi connectivity index (χ0) is 14.5. The summed E-state index contributed by atoms with van der Waals surface area (Å²) in [5.41, 5.74) is 1.61. The van der Waals surface area contributed by atoms with Crippen molar-refractivity contribution < 1.29 is 9.53 Å². The van der Waals surface area contributed by atoms with Crippen molar-refractivity contribution in [2.45, 2.75) is 33.3 Å². The summed E-state index contributed by atoms with van der Waals surface area (Å²) in [4.78, 5) is 11.4. The molecule has 0 bridgehead atoms. The third kappa shape index (κ3) is 6.30. The number of hydrogen-bond donors (Lipinski definition) is 1. The van der Waals surface area contributed by atoms with E-state index in [0.717, 1.165) is 16.1 Å². The van der Waals surface area contributed by atoms with Gasteiger partial charge in [-0.3, -0.25) is 0 Å². The molecule has 1 aromatic carbocycles. The van der Waals surface area contributed by atoms with Gasteiger partial charge >= 0.3 is 6.09 Å². The molecule has 0 fully saturated rings. The second-order valence-corrected chi connectivity index (χ2v) is 5.70. The van der Waals surface area contributed by atoms with Crippen LogP contribution < -0.4 is 5.32 Å². The minimum Gasteiger partial charge on any atom is -0.444 e. The van der Waals surface area contributed by atoms with E-state index in [2.05, 4.69) is 5.32 Å². The lowest BCUT2D eigenvalue weighted by Crippen LogP contribution is -2.32. The fourth-order valence-corrected chi connectivity index (χ4v) is 1.54. The number of hydrogen-bond acceptors (Lipinski definition) is 2. The van der Waals surface area contributed by atoms with Gasteiger partial charge in [0.15, 0.2) is 0 Å². The van der Waals surface area contributed by atoms with E-state index in [1.54, 1.807) is 0 Å². The van der Waals surface area contributed by atoms with E-state index in [9.17, 15) is 4.79 Å². The Morgan fingerprint density at radius 3 is 2.68 bits per heavy atom. The van der Waals surface area contributed by atoms with Crippen LogP contribution in [0.2, 0.25) is 5.02 Å². The molecule has 19 heavy (non-hydrogen) atoms. The maximum Gasteiger partial charge on any atom is 0.407 e. The Hall–Kier alpha value is -1.48. The molecule has 0 atom stereocenters. The maximum absolute atomic E-state index is 11.4. The van der Waals surface area contributed by atoms with E-state index in [1.165, 1.54) is 0 Å². The highest BCUT2D eigenvalue weighted by Crippen LogP contribution is 2.16. The van der Waals surface area contributed by atoms with E-state index >= 15 is 0 Å². The molecule has 0 aromatic heterocycles. The molecule has 1 aromatic rings. The molecule has 0 unspecified atom stereocenters. The number of carbonyl (C=O) groups excluding carboxylic acids is 1. The number of amides is 1. The first-order valence-corrected chi connectivity index (χ1v) is 6.55. The highest BCUT2D eigenvalue weighted by molar-refractivity contribution is 6.31. The Morgan fingerprint density at radius 1 is 1.42 bits per heavy atom.